The number of aromatic hydroxyl groups is 1. The summed E-state index contributed by atoms with van der Waals surface area (Å²) in [5.74, 6) is 0.0347. The van der Waals surface area contributed by atoms with Gasteiger partial charge in [-0.15, -0.1) is 0 Å². The van der Waals surface area contributed by atoms with Crippen LogP contribution in [0.25, 0.3) is 0 Å². The summed E-state index contributed by atoms with van der Waals surface area (Å²) in [5.41, 5.74) is 0.331. The van der Waals surface area contributed by atoms with Gasteiger partial charge >= 0.3 is 0 Å². The predicted octanol–water partition coefficient (Wildman–Crippen LogP) is 2.61. The third-order valence-corrected chi connectivity index (χ3v) is 1.87. The molecule has 17 heavy (non-hydrogen) atoms. The molecule has 0 atom stereocenters. The van der Waals surface area contributed by atoms with E-state index in [-0.39, 0.29) is 12.0 Å². The van der Waals surface area contributed by atoms with E-state index >= 15 is 0 Å². The van der Waals surface area contributed by atoms with Gasteiger partial charge in [0, 0.05) is 13.2 Å². The number of benzene rings is 1. The van der Waals surface area contributed by atoms with Crippen LogP contribution in [0.5, 0.6) is 5.75 Å². The van der Waals surface area contributed by atoms with Crippen LogP contribution in [0.3, 0.4) is 0 Å². The van der Waals surface area contributed by atoms with Crippen molar-refractivity contribution in [3.63, 3.8) is 0 Å². The van der Waals surface area contributed by atoms with E-state index in [9.17, 15) is 4.79 Å². The van der Waals surface area contributed by atoms with Crippen molar-refractivity contribution in [2.75, 3.05) is 13.2 Å². The Morgan fingerprint density at radius 2 is 1.76 bits per heavy atom. The van der Waals surface area contributed by atoms with Gasteiger partial charge in [0.2, 0.25) is 0 Å². The molecule has 0 amide bonds. The van der Waals surface area contributed by atoms with E-state index in [1.807, 2.05) is 20.8 Å². The Kier molecular flexibility index (Phi) is 9.01. The van der Waals surface area contributed by atoms with Gasteiger partial charge in [0.05, 0.1) is 5.56 Å². The molecule has 0 fully saturated rings. The minimum atomic E-state index is -0.0370. The first-order valence-electron chi connectivity index (χ1n) is 5.62. The van der Waals surface area contributed by atoms with Gasteiger partial charge in [-0.1, -0.05) is 12.1 Å². The number of rotatable bonds is 5. The van der Waals surface area contributed by atoms with E-state index in [0.29, 0.717) is 11.8 Å². The summed E-state index contributed by atoms with van der Waals surface area (Å²) in [7, 11) is 0. The van der Waals surface area contributed by atoms with E-state index in [0.717, 1.165) is 13.2 Å². The van der Waals surface area contributed by atoms with Crippen LogP contribution in [0, 0.1) is 0 Å². The highest BCUT2D eigenvalue weighted by Gasteiger charge is 1.95. The van der Waals surface area contributed by atoms with Crippen molar-refractivity contribution < 1.29 is 19.4 Å². The standard InChI is InChI=1S/C7H6O2.C6H14O2/c8-5-6-3-1-2-4-7(6)9;1-4-7-6(3)8-5-2/h1-5,9H;6H,4-5H2,1-3H3. The fraction of sp³-hybridized carbons (Fsp3) is 0.462. The summed E-state index contributed by atoms with van der Waals surface area (Å²) in [5, 5.41) is 8.88. The lowest BCUT2D eigenvalue weighted by molar-refractivity contribution is -0.123. The lowest BCUT2D eigenvalue weighted by Gasteiger charge is -2.09. The number of hydrogen-bond donors (Lipinski definition) is 1. The Labute approximate surface area is 102 Å². The molecule has 1 aromatic carbocycles. The van der Waals surface area contributed by atoms with Crippen LogP contribution in [0.2, 0.25) is 0 Å². The largest absolute Gasteiger partial charge is 0.507 e. The Bertz CT molecular complexity index is 306. The van der Waals surface area contributed by atoms with E-state index in [2.05, 4.69) is 0 Å². The Balaban J connectivity index is 0.000000304. The van der Waals surface area contributed by atoms with Crippen LogP contribution >= 0.6 is 0 Å². The first-order valence-corrected chi connectivity index (χ1v) is 5.62. The van der Waals surface area contributed by atoms with E-state index < -0.39 is 0 Å². The van der Waals surface area contributed by atoms with Crippen LogP contribution in [0.15, 0.2) is 24.3 Å². The number of phenols is 1. The van der Waals surface area contributed by atoms with Gasteiger partial charge < -0.3 is 14.6 Å². The average Bonchev–Trinajstić information content (AvgIpc) is 2.31. The van der Waals surface area contributed by atoms with Crippen LogP contribution in [-0.2, 0) is 9.47 Å². The zero-order valence-corrected chi connectivity index (χ0v) is 10.6. The molecule has 0 aliphatic carbocycles. The quantitative estimate of drug-likeness (QED) is 0.635. The predicted molar refractivity (Wildman–Crippen MR) is 66.2 cm³/mol. The van der Waals surface area contributed by atoms with Crippen molar-refractivity contribution in [2.45, 2.75) is 27.1 Å². The van der Waals surface area contributed by atoms with Crippen LogP contribution < -0.4 is 0 Å². The second-order valence-corrected chi connectivity index (χ2v) is 3.15. The zero-order chi connectivity index (χ0) is 13.1. The fourth-order valence-electron chi connectivity index (χ4n) is 1.10. The fourth-order valence-corrected chi connectivity index (χ4v) is 1.10. The maximum absolute atomic E-state index is 10.1. The SMILES string of the molecule is CCOC(C)OCC.O=Cc1ccccc1O. The van der Waals surface area contributed by atoms with Crippen LogP contribution in [-0.4, -0.2) is 30.9 Å². The summed E-state index contributed by atoms with van der Waals surface area (Å²) < 4.78 is 10.1. The summed E-state index contributed by atoms with van der Waals surface area (Å²) in [6.45, 7) is 7.25. The second-order valence-electron chi connectivity index (χ2n) is 3.15. The smallest absolute Gasteiger partial charge is 0.154 e. The molecule has 0 unspecified atom stereocenters. The molecule has 0 radical (unpaired) electrons. The highest BCUT2D eigenvalue weighted by atomic mass is 16.7. The number of ether oxygens (including phenoxy) is 2. The minimum Gasteiger partial charge on any atom is -0.507 e. The van der Waals surface area contributed by atoms with Crippen LogP contribution in [0.1, 0.15) is 31.1 Å². The Hall–Kier alpha value is -1.39. The molecule has 1 rings (SSSR count). The van der Waals surface area contributed by atoms with E-state index in [1.54, 1.807) is 18.2 Å². The molecular formula is C13H20O4. The van der Waals surface area contributed by atoms with Crippen LogP contribution in [0.4, 0.5) is 0 Å². The van der Waals surface area contributed by atoms with Gasteiger partial charge in [-0.2, -0.15) is 0 Å². The van der Waals surface area contributed by atoms with Crippen molar-refractivity contribution in [3.05, 3.63) is 29.8 Å². The Morgan fingerprint density at radius 1 is 1.24 bits per heavy atom. The van der Waals surface area contributed by atoms with Crippen molar-refractivity contribution in [3.8, 4) is 5.75 Å². The molecule has 0 aliphatic rings. The molecule has 4 nitrogen and oxygen atoms in total. The summed E-state index contributed by atoms with van der Waals surface area (Å²) in [6.07, 6.45) is 0.583. The molecular weight excluding hydrogens is 220 g/mol. The maximum Gasteiger partial charge on any atom is 0.154 e. The molecule has 0 aliphatic heterocycles. The molecule has 4 heteroatoms. The van der Waals surface area contributed by atoms with Crippen molar-refractivity contribution in [1.82, 2.24) is 0 Å². The molecule has 0 saturated heterocycles. The highest BCUT2D eigenvalue weighted by Crippen LogP contribution is 2.11. The van der Waals surface area contributed by atoms with Gasteiger partial charge in [0.1, 0.15) is 5.75 Å². The van der Waals surface area contributed by atoms with Crippen molar-refractivity contribution in [1.29, 1.82) is 0 Å². The molecule has 0 saturated carbocycles. The molecule has 0 heterocycles. The molecule has 0 spiro atoms. The van der Waals surface area contributed by atoms with Gasteiger partial charge in [-0.05, 0) is 32.9 Å². The third-order valence-electron chi connectivity index (χ3n) is 1.87. The third kappa shape index (κ3) is 7.49. The second kappa shape index (κ2) is 9.81. The maximum atomic E-state index is 10.1. The monoisotopic (exact) mass is 240 g/mol. The highest BCUT2D eigenvalue weighted by molar-refractivity contribution is 5.78. The number of carbonyl (C=O) groups excluding carboxylic acids is 1. The van der Waals surface area contributed by atoms with Crippen molar-refractivity contribution in [2.24, 2.45) is 0 Å². The molecule has 1 aromatic rings. The summed E-state index contributed by atoms with van der Waals surface area (Å²) in [6, 6.07) is 6.40. The number of carbonyl (C=O) groups is 1. The molecule has 0 bridgehead atoms. The first-order chi connectivity index (χ1) is 8.15. The van der Waals surface area contributed by atoms with E-state index in [4.69, 9.17) is 14.6 Å². The molecule has 0 aromatic heterocycles. The summed E-state index contributed by atoms with van der Waals surface area (Å²) in [4.78, 5) is 10.1. The van der Waals surface area contributed by atoms with Gasteiger partial charge in [-0.25, -0.2) is 0 Å². The zero-order valence-electron chi connectivity index (χ0n) is 10.6. The number of aldehydes is 1. The molecule has 96 valence electrons. The first kappa shape index (κ1) is 15.6. The van der Waals surface area contributed by atoms with Gasteiger partial charge in [0.25, 0.3) is 0 Å². The molecule has 1 N–H and O–H groups in total. The van der Waals surface area contributed by atoms with Gasteiger partial charge in [-0.3, -0.25) is 4.79 Å². The lowest BCUT2D eigenvalue weighted by Crippen LogP contribution is -2.11. The Morgan fingerprint density at radius 3 is 2.12 bits per heavy atom. The van der Waals surface area contributed by atoms with Gasteiger partial charge in [0.15, 0.2) is 12.6 Å². The number of para-hydroxylation sites is 1. The average molecular weight is 240 g/mol. The summed E-state index contributed by atoms with van der Waals surface area (Å²) >= 11 is 0. The minimum absolute atomic E-state index is 0.0347. The van der Waals surface area contributed by atoms with E-state index in [1.165, 1.54) is 6.07 Å². The number of phenolic OH excluding ortho intramolecular Hbond substituents is 1. The lowest BCUT2D eigenvalue weighted by atomic mass is 10.2. The topological polar surface area (TPSA) is 55.8 Å². The number of hydrogen-bond acceptors (Lipinski definition) is 4. The normalized spacial score (nSPS) is 9.65. The van der Waals surface area contributed by atoms with Crippen molar-refractivity contribution >= 4 is 6.29 Å².